The van der Waals surface area contributed by atoms with E-state index in [0.29, 0.717) is 26.3 Å². The fraction of sp³-hybridized carbons (Fsp3) is 0.556. The smallest absolute Gasteiger partial charge is 0.242 e. The first-order chi connectivity index (χ1) is 16.6. The molecule has 184 valence electrons. The van der Waals surface area contributed by atoms with Gasteiger partial charge in [-0.15, -0.1) is 11.3 Å². The molecule has 1 aliphatic carbocycles. The second kappa shape index (κ2) is 11.8. The van der Waals surface area contributed by atoms with E-state index in [4.69, 9.17) is 9.47 Å². The van der Waals surface area contributed by atoms with E-state index in [2.05, 4.69) is 11.4 Å². The molecular weight excluding hydrogens is 448 g/mol. The number of carbonyl (C=O) groups is 2. The molecule has 0 radical (unpaired) electrons. The molecule has 1 saturated carbocycles. The second-order valence-electron chi connectivity index (χ2n) is 9.36. The Morgan fingerprint density at radius 2 is 1.91 bits per heavy atom. The average molecular weight is 485 g/mol. The van der Waals surface area contributed by atoms with E-state index in [-0.39, 0.29) is 30.3 Å². The van der Waals surface area contributed by atoms with E-state index in [9.17, 15) is 9.59 Å². The molecule has 0 N–H and O–H groups in total. The number of hydrogen-bond acceptors (Lipinski definition) is 5. The summed E-state index contributed by atoms with van der Waals surface area (Å²) in [7, 11) is 1.67. The van der Waals surface area contributed by atoms with Crippen molar-refractivity contribution >= 4 is 23.2 Å². The number of aryl methyl sites for hydroxylation is 1. The largest absolute Gasteiger partial charge is 0.491 e. The highest BCUT2D eigenvalue weighted by Crippen LogP contribution is 2.34. The van der Waals surface area contributed by atoms with Crippen LogP contribution in [0.3, 0.4) is 0 Å². The van der Waals surface area contributed by atoms with Crippen LogP contribution in [0.25, 0.3) is 0 Å². The Morgan fingerprint density at radius 3 is 2.65 bits per heavy atom. The third-order valence-corrected chi connectivity index (χ3v) is 7.96. The van der Waals surface area contributed by atoms with Crippen LogP contribution in [0.2, 0.25) is 0 Å². The van der Waals surface area contributed by atoms with E-state index < -0.39 is 0 Å². The molecule has 1 fully saturated rings. The Balaban J connectivity index is 1.47. The standard InChI is InChI=1S/C27H36N2O4S/c1-20-8-10-22(11-9-20)33-19-24-23-13-17-34-25(23)12-15-29(24)26(30)18-28(14-5-16-32-2)27(31)21-6-3-4-7-21/h8-11,13,17,21,24H,3-7,12,14-16,18-19H2,1-2H3/t24-/m1/s1. The van der Waals surface area contributed by atoms with E-state index in [0.717, 1.165) is 44.3 Å². The van der Waals surface area contributed by atoms with Crippen molar-refractivity contribution < 1.29 is 19.1 Å². The molecule has 0 bridgehead atoms. The summed E-state index contributed by atoms with van der Waals surface area (Å²) >= 11 is 1.74. The van der Waals surface area contributed by atoms with Gasteiger partial charge in [-0.2, -0.15) is 0 Å². The zero-order valence-corrected chi connectivity index (χ0v) is 21.1. The fourth-order valence-corrected chi connectivity index (χ4v) is 5.96. The molecule has 2 amide bonds. The van der Waals surface area contributed by atoms with Crippen molar-refractivity contribution in [2.45, 2.75) is 51.5 Å². The van der Waals surface area contributed by atoms with E-state index in [1.54, 1.807) is 23.3 Å². The lowest BCUT2D eigenvalue weighted by Crippen LogP contribution is -2.49. The molecule has 1 aromatic carbocycles. The van der Waals surface area contributed by atoms with E-state index in [1.807, 2.05) is 36.1 Å². The van der Waals surface area contributed by atoms with Crippen LogP contribution in [0.15, 0.2) is 35.7 Å². The van der Waals surface area contributed by atoms with Crippen LogP contribution in [0.4, 0.5) is 0 Å². The first kappa shape index (κ1) is 24.7. The maximum Gasteiger partial charge on any atom is 0.242 e. The summed E-state index contributed by atoms with van der Waals surface area (Å²) in [6, 6.07) is 9.96. The number of nitrogens with zero attached hydrogens (tertiary/aromatic N) is 2. The van der Waals surface area contributed by atoms with Gasteiger partial charge in [0.25, 0.3) is 0 Å². The average Bonchev–Trinajstić information content (AvgIpc) is 3.55. The van der Waals surface area contributed by atoms with Crippen LogP contribution in [0, 0.1) is 12.8 Å². The maximum atomic E-state index is 13.6. The third-order valence-electron chi connectivity index (χ3n) is 6.96. The molecule has 0 spiro atoms. The van der Waals surface area contributed by atoms with Gasteiger partial charge in [-0.05, 0) is 61.7 Å². The Morgan fingerprint density at radius 1 is 1.15 bits per heavy atom. The molecule has 4 rings (SSSR count). The molecule has 34 heavy (non-hydrogen) atoms. The van der Waals surface area contributed by atoms with Crippen molar-refractivity contribution in [3.63, 3.8) is 0 Å². The van der Waals surface area contributed by atoms with Gasteiger partial charge in [-0.25, -0.2) is 0 Å². The summed E-state index contributed by atoms with van der Waals surface area (Å²) in [6.07, 6.45) is 5.64. The van der Waals surface area contributed by atoms with Crippen LogP contribution < -0.4 is 4.74 Å². The van der Waals surface area contributed by atoms with E-state index in [1.165, 1.54) is 16.0 Å². The highest BCUT2D eigenvalue weighted by molar-refractivity contribution is 7.10. The van der Waals surface area contributed by atoms with Crippen molar-refractivity contribution in [3.8, 4) is 5.75 Å². The van der Waals surface area contributed by atoms with Gasteiger partial charge < -0.3 is 19.3 Å². The Labute approximate surface area is 206 Å². The lowest BCUT2D eigenvalue weighted by Gasteiger charge is -2.37. The summed E-state index contributed by atoms with van der Waals surface area (Å²) in [4.78, 5) is 31.9. The first-order valence-corrected chi connectivity index (χ1v) is 13.3. The molecule has 1 aliphatic heterocycles. The number of ether oxygens (including phenoxy) is 2. The van der Waals surface area contributed by atoms with Crippen molar-refractivity contribution in [2.75, 3.05) is 40.0 Å². The van der Waals surface area contributed by atoms with Gasteiger partial charge in [0, 0.05) is 37.6 Å². The summed E-state index contributed by atoms with van der Waals surface area (Å²) in [5.74, 6) is 0.986. The molecule has 7 heteroatoms. The van der Waals surface area contributed by atoms with Crippen LogP contribution in [0.5, 0.6) is 5.75 Å². The van der Waals surface area contributed by atoms with Crippen LogP contribution in [-0.4, -0.2) is 61.6 Å². The molecule has 1 aromatic heterocycles. The van der Waals surface area contributed by atoms with Crippen LogP contribution >= 0.6 is 11.3 Å². The minimum Gasteiger partial charge on any atom is -0.491 e. The molecule has 2 aliphatic rings. The van der Waals surface area contributed by atoms with E-state index >= 15 is 0 Å². The van der Waals surface area contributed by atoms with Gasteiger partial charge in [-0.1, -0.05) is 30.5 Å². The van der Waals surface area contributed by atoms with Crippen LogP contribution in [-0.2, 0) is 20.7 Å². The summed E-state index contributed by atoms with van der Waals surface area (Å²) in [5, 5.41) is 2.10. The van der Waals surface area contributed by atoms with Gasteiger partial charge in [0.05, 0.1) is 12.6 Å². The zero-order valence-electron chi connectivity index (χ0n) is 20.3. The minimum absolute atomic E-state index is 0.00174. The van der Waals surface area contributed by atoms with Crippen molar-refractivity contribution in [1.29, 1.82) is 0 Å². The van der Waals surface area contributed by atoms with Gasteiger partial charge in [0.15, 0.2) is 0 Å². The quantitative estimate of drug-likeness (QED) is 0.462. The number of thiophene rings is 1. The molecular formula is C27H36N2O4S. The molecule has 6 nitrogen and oxygen atoms in total. The number of hydrogen-bond donors (Lipinski definition) is 0. The molecule has 2 aromatic rings. The predicted molar refractivity (Wildman–Crippen MR) is 134 cm³/mol. The van der Waals surface area contributed by atoms with Crippen molar-refractivity contribution in [3.05, 3.63) is 51.7 Å². The van der Waals surface area contributed by atoms with Gasteiger partial charge >= 0.3 is 0 Å². The highest BCUT2D eigenvalue weighted by atomic mass is 32.1. The number of benzene rings is 1. The molecule has 1 atom stereocenters. The monoisotopic (exact) mass is 484 g/mol. The molecule has 2 heterocycles. The Hall–Kier alpha value is -2.38. The molecule has 0 saturated heterocycles. The highest BCUT2D eigenvalue weighted by Gasteiger charge is 2.35. The Bertz CT molecular complexity index is 952. The number of methoxy groups -OCH3 is 1. The van der Waals surface area contributed by atoms with Crippen LogP contribution in [0.1, 0.15) is 54.1 Å². The van der Waals surface area contributed by atoms with Gasteiger partial charge in [0.1, 0.15) is 12.4 Å². The summed E-state index contributed by atoms with van der Waals surface area (Å²) in [5.41, 5.74) is 2.35. The third kappa shape index (κ3) is 5.99. The summed E-state index contributed by atoms with van der Waals surface area (Å²) in [6.45, 7) is 4.36. The van der Waals surface area contributed by atoms with Gasteiger partial charge in [-0.3, -0.25) is 9.59 Å². The maximum absolute atomic E-state index is 13.6. The van der Waals surface area contributed by atoms with Crippen molar-refractivity contribution in [2.24, 2.45) is 5.92 Å². The van der Waals surface area contributed by atoms with Gasteiger partial charge in [0.2, 0.25) is 11.8 Å². The zero-order chi connectivity index (χ0) is 23.9. The first-order valence-electron chi connectivity index (χ1n) is 12.4. The SMILES string of the molecule is COCCCN(CC(=O)N1CCc2sccc2[C@H]1COc1ccc(C)cc1)C(=O)C1CCCC1. The second-order valence-corrected chi connectivity index (χ2v) is 10.4. The Kier molecular flexibility index (Phi) is 8.62. The lowest BCUT2D eigenvalue weighted by atomic mass is 10.00. The predicted octanol–water partition coefficient (Wildman–Crippen LogP) is 4.62. The molecule has 0 unspecified atom stereocenters. The number of rotatable bonds is 10. The van der Waals surface area contributed by atoms with Crippen molar-refractivity contribution in [1.82, 2.24) is 9.80 Å². The number of carbonyl (C=O) groups excluding carboxylic acids is 2. The number of fused-ring (bicyclic) bond motifs is 1. The topological polar surface area (TPSA) is 59.1 Å². The normalized spacial score (nSPS) is 18.1. The lowest BCUT2D eigenvalue weighted by molar-refractivity contribution is -0.144. The summed E-state index contributed by atoms with van der Waals surface area (Å²) < 4.78 is 11.3. The fourth-order valence-electron chi connectivity index (χ4n) is 5.04. The number of amides is 2. The minimum atomic E-state index is -0.147.